The van der Waals surface area contributed by atoms with E-state index < -0.39 is 0 Å². The molecule has 2 aliphatic rings. The lowest BCUT2D eigenvalue weighted by atomic mass is 9.67. The van der Waals surface area contributed by atoms with Crippen molar-refractivity contribution in [2.24, 2.45) is 11.8 Å². The van der Waals surface area contributed by atoms with E-state index in [2.05, 4.69) is 10.4 Å². The lowest BCUT2D eigenvalue weighted by Gasteiger charge is -2.47. The first-order valence-electron chi connectivity index (χ1n) is 7.17. The number of aryl methyl sites for hydroxylation is 1. The molecule has 20 heavy (non-hydrogen) atoms. The summed E-state index contributed by atoms with van der Waals surface area (Å²) in [4.78, 5) is 12.0. The predicted octanol–water partition coefficient (Wildman–Crippen LogP) is 0.439. The molecule has 1 saturated carbocycles. The standard InChI is InChI=1S/C14H21N3O3/c1-19-9-11-13(10-4-8-20-14(10)11)16-12(18)3-7-17-6-2-5-15-17/h2,5-6,10-11,13-14H,3-4,7-9H2,1H3,(H,16,18)/t10-,11+,13+,14-/m0/s1. The van der Waals surface area contributed by atoms with Crippen LogP contribution in [0.4, 0.5) is 0 Å². The van der Waals surface area contributed by atoms with Gasteiger partial charge in [0.05, 0.1) is 12.7 Å². The Morgan fingerprint density at radius 3 is 3.25 bits per heavy atom. The van der Waals surface area contributed by atoms with E-state index in [0.717, 1.165) is 13.0 Å². The lowest BCUT2D eigenvalue weighted by molar-refractivity contribution is -0.130. The summed E-state index contributed by atoms with van der Waals surface area (Å²) < 4.78 is 12.7. The number of methoxy groups -OCH3 is 1. The van der Waals surface area contributed by atoms with Gasteiger partial charge in [-0.05, 0) is 12.5 Å². The van der Waals surface area contributed by atoms with E-state index in [1.165, 1.54) is 0 Å². The van der Waals surface area contributed by atoms with Gasteiger partial charge in [-0.1, -0.05) is 0 Å². The fraction of sp³-hybridized carbons (Fsp3) is 0.714. The third kappa shape index (κ3) is 2.58. The summed E-state index contributed by atoms with van der Waals surface area (Å²) in [5.41, 5.74) is 0. The monoisotopic (exact) mass is 279 g/mol. The van der Waals surface area contributed by atoms with Crippen molar-refractivity contribution in [1.82, 2.24) is 15.1 Å². The molecule has 4 atom stereocenters. The van der Waals surface area contributed by atoms with Crippen molar-refractivity contribution in [3.05, 3.63) is 18.5 Å². The maximum atomic E-state index is 12.0. The van der Waals surface area contributed by atoms with Crippen LogP contribution in [0.3, 0.4) is 0 Å². The Bertz CT molecular complexity index is 449. The van der Waals surface area contributed by atoms with E-state index in [4.69, 9.17) is 9.47 Å². The molecule has 0 bridgehead atoms. The molecule has 0 spiro atoms. The summed E-state index contributed by atoms with van der Waals surface area (Å²) in [5.74, 6) is 0.835. The van der Waals surface area contributed by atoms with Crippen molar-refractivity contribution in [2.75, 3.05) is 20.3 Å². The smallest absolute Gasteiger partial charge is 0.222 e. The number of hydrogen-bond acceptors (Lipinski definition) is 4. The van der Waals surface area contributed by atoms with E-state index in [-0.39, 0.29) is 18.1 Å². The van der Waals surface area contributed by atoms with Gasteiger partial charge in [-0.3, -0.25) is 9.48 Å². The molecule has 6 nitrogen and oxygen atoms in total. The molecule has 2 fully saturated rings. The average molecular weight is 279 g/mol. The summed E-state index contributed by atoms with van der Waals surface area (Å²) >= 11 is 0. The van der Waals surface area contributed by atoms with Crippen LogP contribution in [0.1, 0.15) is 12.8 Å². The van der Waals surface area contributed by atoms with Gasteiger partial charge in [0.2, 0.25) is 5.91 Å². The first kappa shape index (κ1) is 13.6. The fourth-order valence-electron chi connectivity index (χ4n) is 3.34. The Hall–Kier alpha value is -1.40. The van der Waals surface area contributed by atoms with Crippen molar-refractivity contribution in [2.45, 2.75) is 31.5 Å². The molecule has 3 rings (SSSR count). The van der Waals surface area contributed by atoms with Gasteiger partial charge in [0.25, 0.3) is 0 Å². The number of amides is 1. The lowest BCUT2D eigenvalue weighted by Crippen LogP contribution is -2.62. The van der Waals surface area contributed by atoms with Gasteiger partial charge in [-0.15, -0.1) is 0 Å². The molecule has 1 aromatic heterocycles. The van der Waals surface area contributed by atoms with E-state index in [1.54, 1.807) is 18.0 Å². The third-order valence-electron chi connectivity index (χ3n) is 4.34. The fourth-order valence-corrected chi connectivity index (χ4v) is 3.34. The van der Waals surface area contributed by atoms with Crippen LogP contribution in [0.15, 0.2) is 18.5 Å². The Morgan fingerprint density at radius 1 is 1.60 bits per heavy atom. The largest absolute Gasteiger partial charge is 0.384 e. The van der Waals surface area contributed by atoms with Gasteiger partial charge >= 0.3 is 0 Å². The Balaban J connectivity index is 1.49. The Kier molecular flexibility index (Phi) is 4.03. The third-order valence-corrected chi connectivity index (χ3v) is 4.34. The molecule has 0 unspecified atom stereocenters. The number of fused-ring (bicyclic) bond motifs is 1. The van der Waals surface area contributed by atoms with E-state index in [0.29, 0.717) is 31.4 Å². The first-order chi connectivity index (χ1) is 9.79. The maximum absolute atomic E-state index is 12.0. The van der Waals surface area contributed by atoms with Crippen molar-refractivity contribution in [3.63, 3.8) is 0 Å². The van der Waals surface area contributed by atoms with Crippen LogP contribution in [0.2, 0.25) is 0 Å². The molecule has 1 amide bonds. The SMILES string of the molecule is COC[C@@H]1[C@H](NC(=O)CCn2cccn2)[C@@H]2CCO[C@H]12. The quantitative estimate of drug-likeness (QED) is 0.820. The highest BCUT2D eigenvalue weighted by molar-refractivity contribution is 5.76. The highest BCUT2D eigenvalue weighted by Gasteiger charge is 2.54. The Morgan fingerprint density at radius 2 is 2.50 bits per heavy atom. The van der Waals surface area contributed by atoms with Gasteiger partial charge in [0.1, 0.15) is 0 Å². The molecular formula is C14H21N3O3. The normalized spacial score (nSPS) is 31.6. The maximum Gasteiger partial charge on any atom is 0.222 e. The first-order valence-corrected chi connectivity index (χ1v) is 7.17. The number of nitrogens with one attached hydrogen (secondary N) is 1. The molecule has 1 aliphatic heterocycles. The van der Waals surface area contributed by atoms with Gasteiger partial charge in [0, 0.05) is 57.0 Å². The summed E-state index contributed by atoms with van der Waals surface area (Å²) in [6.45, 7) is 2.06. The number of rotatable bonds is 6. The summed E-state index contributed by atoms with van der Waals surface area (Å²) in [5, 5.41) is 7.24. The second-order valence-corrected chi connectivity index (χ2v) is 5.52. The van der Waals surface area contributed by atoms with Crippen LogP contribution >= 0.6 is 0 Å². The van der Waals surface area contributed by atoms with Crippen LogP contribution < -0.4 is 5.32 Å². The highest BCUT2D eigenvalue weighted by Crippen LogP contribution is 2.43. The van der Waals surface area contributed by atoms with Gasteiger partial charge in [0.15, 0.2) is 0 Å². The summed E-state index contributed by atoms with van der Waals surface area (Å²) in [7, 11) is 1.69. The second kappa shape index (κ2) is 5.93. The van der Waals surface area contributed by atoms with Crippen LogP contribution in [0.5, 0.6) is 0 Å². The Labute approximate surface area is 118 Å². The van der Waals surface area contributed by atoms with Crippen molar-refractivity contribution < 1.29 is 14.3 Å². The molecule has 6 heteroatoms. The van der Waals surface area contributed by atoms with E-state index >= 15 is 0 Å². The molecular weight excluding hydrogens is 258 g/mol. The van der Waals surface area contributed by atoms with Crippen molar-refractivity contribution in [1.29, 1.82) is 0 Å². The number of hydrogen-bond donors (Lipinski definition) is 1. The van der Waals surface area contributed by atoms with Crippen molar-refractivity contribution in [3.8, 4) is 0 Å². The zero-order valence-corrected chi connectivity index (χ0v) is 11.7. The topological polar surface area (TPSA) is 65.4 Å². The molecule has 0 aromatic carbocycles. The highest BCUT2D eigenvalue weighted by atomic mass is 16.5. The molecule has 1 saturated heterocycles. The van der Waals surface area contributed by atoms with Crippen LogP contribution in [0.25, 0.3) is 0 Å². The van der Waals surface area contributed by atoms with Crippen LogP contribution in [-0.4, -0.2) is 48.2 Å². The summed E-state index contributed by atoms with van der Waals surface area (Å²) in [6.07, 6.45) is 5.35. The van der Waals surface area contributed by atoms with E-state index in [1.807, 2.05) is 12.3 Å². The van der Waals surface area contributed by atoms with Crippen molar-refractivity contribution >= 4 is 5.91 Å². The van der Waals surface area contributed by atoms with Gasteiger partial charge < -0.3 is 14.8 Å². The van der Waals surface area contributed by atoms with Gasteiger partial charge in [-0.25, -0.2) is 0 Å². The zero-order chi connectivity index (χ0) is 13.9. The minimum absolute atomic E-state index is 0.0805. The number of ether oxygens (including phenoxy) is 2. The average Bonchev–Trinajstić information content (AvgIpc) is 3.09. The molecule has 110 valence electrons. The predicted molar refractivity (Wildman–Crippen MR) is 72.0 cm³/mol. The molecule has 1 N–H and O–H groups in total. The van der Waals surface area contributed by atoms with E-state index in [9.17, 15) is 4.79 Å². The zero-order valence-electron chi connectivity index (χ0n) is 11.7. The minimum atomic E-state index is 0.0805. The molecule has 1 aliphatic carbocycles. The number of carbonyl (C=O) groups excluding carboxylic acids is 1. The molecule has 2 heterocycles. The number of carbonyl (C=O) groups is 1. The summed E-state index contributed by atoms with van der Waals surface area (Å²) in [6, 6.07) is 2.06. The number of nitrogens with zero attached hydrogens (tertiary/aromatic N) is 2. The minimum Gasteiger partial charge on any atom is -0.384 e. The van der Waals surface area contributed by atoms with Crippen LogP contribution in [-0.2, 0) is 20.8 Å². The second-order valence-electron chi connectivity index (χ2n) is 5.52. The molecule has 1 aromatic rings. The molecule has 0 radical (unpaired) electrons. The van der Waals surface area contributed by atoms with Crippen LogP contribution in [0, 0.1) is 11.8 Å². The van der Waals surface area contributed by atoms with Gasteiger partial charge in [-0.2, -0.15) is 5.10 Å². The number of aromatic nitrogens is 2.